The molecule has 0 aliphatic heterocycles. The molecule has 0 unspecified atom stereocenters. The molecule has 0 aliphatic carbocycles. The van der Waals surface area contributed by atoms with E-state index in [-0.39, 0.29) is 22.1 Å². The van der Waals surface area contributed by atoms with Gasteiger partial charge in [0.05, 0.1) is 44.2 Å². The van der Waals surface area contributed by atoms with Gasteiger partial charge in [0, 0.05) is 11.8 Å². The second kappa shape index (κ2) is 9.19. The van der Waals surface area contributed by atoms with Crippen molar-refractivity contribution in [2.24, 2.45) is 0 Å². The van der Waals surface area contributed by atoms with E-state index in [4.69, 9.17) is 14.9 Å². The maximum Gasteiger partial charge on any atom is 0.279 e. The van der Waals surface area contributed by atoms with Crippen LogP contribution in [0.15, 0.2) is 66.1 Å². The normalized spacial score (nSPS) is 11.1. The number of carbonyl (C=O) groups is 1. The number of pyridine rings is 2. The van der Waals surface area contributed by atoms with E-state index in [1.807, 2.05) is 0 Å². The summed E-state index contributed by atoms with van der Waals surface area (Å²) in [6.07, 6.45) is 4.94. The van der Waals surface area contributed by atoms with Gasteiger partial charge in [-0.15, -0.1) is 0 Å². The van der Waals surface area contributed by atoms with Crippen LogP contribution in [0.1, 0.15) is 16.1 Å². The summed E-state index contributed by atoms with van der Waals surface area (Å²) in [5.74, 6) is 0.528. The van der Waals surface area contributed by atoms with Gasteiger partial charge >= 0.3 is 0 Å². The summed E-state index contributed by atoms with van der Waals surface area (Å²) in [5.41, 5.74) is 1.06. The first-order chi connectivity index (χ1) is 16.3. The van der Waals surface area contributed by atoms with E-state index >= 15 is 0 Å². The van der Waals surface area contributed by atoms with Crippen molar-refractivity contribution in [1.82, 2.24) is 14.4 Å². The maximum atomic E-state index is 13.2. The zero-order chi connectivity index (χ0) is 24.3. The zero-order valence-electron chi connectivity index (χ0n) is 18.1. The minimum Gasteiger partial charge on any atom is -0.497 e. The molecule has 0 radical (unpaired) electrons. The van der Waals surface area contributed by atoms with Crippen molar-refractivity contribution in [3.63, 3.8) is 0 Å². The highest BCUT2D eigenvalue weighted by Crippen LogP contribution is 2.24. The molecule has 4 rings (SSSR count). The molecule has 174 valence electrons. The van der Waals surface area contributed by atoms with Crippen molar-refractivity contribution in [1.29, 1.82) is 5.41 Å². The topological polar surface area (TPSA) is 148 Å². The Labute approximate surface area is 194 Å². The van der Waals surface area contributed by atoms with Gasteiger partial charge < -0.3 is 20.2 Å². The number of amides is 1. The Morgan fingerprint density at radius 2 is 1.85 bits per heavy atom. The number of imidazole rings is 1. The largest absolute Gasteiger partial charge is 0.497 e. The molecule has 0 aliphatic rings. The average Bonchev–Trinajstić information content (AvgIpc) is 3.28. The molecule has 0 fully saturated rings. The first kappa shape index (κ1) is 22.7. The number of nitrogens with one attached hydrogen (secondary N) is 3. The second-order valence-corrected chi connectivity index (χ2v) is 8.62. The van der Waals surface area contributed by atoms with Crippen LogP contribution in [-0.4, -0.2) is 49.1 Å². The van der Waals surface area contributed by atoms with Crippen LogP contribution in [0.2, 0.25) is 0 Å². The average molecular weight is 481 g/mol. The molecule has 3 heterocycles. The summed E-state index contributed by atoms with van der Waals surface area (Å²) < 4.78 is 40.4. The van der Waals surface area contributed by atoms with E-state index in [0.29, 0.717) is 22.7 Å². The number of nitrogens with zero attached hydrogens (tertiary/aromatic N) is 3. The van der Waals surface area contributed by atoms with E-state index in [1.165, 1.54) is 43.3 Å². The monoisotopic (exact) mass is 480 g/mol. The number of sulfonamides is 1. The van der Waals surface area contributed by atoms with Gasteiger partial charge in [0.25, 0.3) is 15.9 Å². The quantitative estimate of drug-likeness (QED) is 0.328. The minimum absolute atomic E-state index is 0.0105. The van der Waals surface area contributed by atoms with Crippen LogP contribution < -0.4 is 19.5 Å². The van der Waals surface area contributed by atoms with Crippen molar-refractivity contribution < 1.29 is 22.7 Å². The number of methoxy groups -OCH3 is 2. The summed E-state index contributed by atoms with van der Waals surface area (Å²) in [7, 11) is -1.17. The van der Waals surface area contributed by atoms with Crippen LogP contribution in [0.25, 0.3) is 5.65 Å². The van der Waals surface area contributed by atoms with E-state index in [2.05, 4.69) is 20.0 Å². The lowest BCUT2D eigenvalue weighted by Crippen LogP contribution is -2.18. The first-order valence-corrected chi connectivity index (χ1v) is 11.3. The maximum absolute atomic E-state index is 13.2. The highest BCUT2D eigenvalue weighted by atomic mass is 32.2. The highest BCUT2D eigenvalue weighted by Gasteiger charge is 2.22. The second-order valence-electron chi connectivity index (χ2n) is 6.99. The third-order valence-corrected chi connectivity index (χ3v) is 6.19. The van der Waals surface area contributed by atoms with Gasteiger partial charge in [0.2, 0.25) is 0 Å². The molecule has 0 saturated carbocycles. The third kappa shape index (κ3) is 4.52. The molecule has 34 heavy (non-hydrogen) atoms. The van der Waals surface area contributed by atoms with Crippen LogP contribution >= 0.6 is 0 Å². The van der Waals surface area contributed by atoms with Gasteiger partial charge in [-0.05, 0) is 36.4 Å². The van der Waals surface area contributed by atoms with E-state index in [1.54, 1.807) is 36.4 Å². The predicted octanol–water partition coefficient (Wildman–Crippen LogP) is 2.80. The number of benzene rings is 1. The van der Waals surface area contributed by atoms with E-state index < -0.39 is 15.9 Å². The van der Waals surface area contributed by atoms with Gasteiger partial charge in [-0.3, -0.25) is 18.9 Å². The van der Waals surface area contributed by atoms with Gasteiger partial charge in [-0.25, -0.2) is 4.98 Å². The molecule has 3 aromatic heterocycles. The first-order valence-electron chi connectivity index (χ1n) is 9.84. The van der Waals surface area contributed by atoms with Gasteiger partial charge in [0.1, 0.15) is 22.8 Å². The van der Waals surface area contributed by atoms with Crippen LogP contribution in [0.3, 0.4) is 0 Å². The Balaban J connectivity index is 1.64. The molecule has 4 aromatic rings. The van der Waals surface area contributed by atoms with Crippen LogP contribution in [0.4, 0.5) is 11.4 Å². The summed E-state index contributed by atoms with van der Waals surface area (Å²) in [4.78, 5) is 20.8. The summed E-state index contributed by atoms with van der Waals surface area (Å²) in [6.45, 7) is 0. The molecule has 0 saturated heterocycles. The SMILES string of the molecule is COc1cccc(C(=O)Nc2cnc(C=N)c(NS(=O)(=O)c3cnc4ccc(OC)cn34)c2)c1. The van der Waals surface area contributed by atoms with Crippen molar-refractivity contribution in [3.8, 4) is 11.5 Å². The molecule has 0 atom stereocenters. The lowest BCUT2D eigenvalue weighted by atomic mass is 10.2. The van der Waals surface area contributed by atoms with Gasteiger partial charge in [-0.2, -0.15) is 8.42 Å². The Hall–Kier alpha value is -4.45. The van der Waals surface area contributed by atoms with Crippen LogP contribution in [0, 0.1) is 5.41 Å². The Morgan fingerprint density at radius 3 is 2.59 bits per heavy atom. The molecule has 3 N–H and O–H groups in total. The molecule has 12 heteroatoms. The lowest BCUT2D eigenvalue weighted by molar-refractivity contribution is 0.102. The minimum atomic E-state index is -4.14. The lowest BCUT2D eigenvalue weighted by Gasteiger charge is -2.12. The van der Waals surface area contributed by atoms with Crippen molar-refractivity contribution in [2.75, 3.05) is 24.3 Å². The van der Waals surface area contributed by atoms with Crippen LogP contribution in [0.5, 0.6) is 11.5 Å². The number of hydrogen-bond donors (Lipinski definition) is 3. The molecule has 1 amide bonds. The van der Waals surface area contributed by atoms with Crippen molar-refractivity contribution in [3.05, 3.63) is 72.3 Å². The Bertz CT molecular complexity index is 1500. The number of ether oxygens (including phenoxy) is 2. The fourth-order valence-electron chi connectivity index (χ4n) is 3.16. The summed E-state index contributed by atoms with van der Waals surface area (Å²) in [6, 6.07) is 11.2. The smallest absolute Gasteiger partial charge is 0.279 e. The van der Waals surface area contributed by atoms with Gasteiger partial charge in [0.15, 0.2) is 5.03 Å². The molecule has 11 nitrogen and oxygen atoms in total. The number of anilines is 2. The number of hydrogen-bond acceptors (Lipinski definition) is 8. The molecular formula is C22H20N6O5S. The van der Waals surface area contributed by atoms with E-state index in [0.717, 1.165) is 6.21 Å². The van der Waals surface area contributed by atoms with E-state index in [9.17, 15) is 13.2 Å². The third-order valence-electron chi connectivity index (χ3n) is 4.84. The number of fused-ring (bicyclic) bond motifs is 1. The number of carbonyl (C=O) groups excluding carboxylic acids is 1. The highest BCUT2D eigenvalue weighted by molar-refractivity contribution is 7.92. The molecule has 0 spiro atoms. The summed E-state index contributed by atoms with van der Waals surface area (Å²) >= 11 is 0. The molecular weight excluding hydrogens is 460 g/mol. The number of rotatable bonds is 8. The van der Waals surface area contributed by atoms with Gasteiger partial charge in [-0.1, -0.05) is 6.07 Å². The Morgan fingerprint density at radius 1 is 1.06 bits per heavy atom. The molecule has 0 bridgehead atoms. The van der Waals surface area contributed by atoms with Crippen LogP contribution in [-0.2, 0) is 10.0 Å². The number of aromatic nitrogens is 3. The zero-order valence-corrected chi connectivity index (χ0v) is 19.0. The van der Waals surface area contributed by atoms with Crippen molar-refractivity contribution >= 4 is 39.2 Å². The Kier molecular flexibility index (Phi) is 6.15. The predicted molar refractivity (Wildman–Crippen MR) is 126 cm³/mol. The fraction of sp³-hybridized carbons (Fsp3) is 0.0909. The standard InChI is InChI=1S/C22H20N6O5S/c1-32-16-5-3-4-14(8-16)22(29)26-15-9-18(19(10-23)24-11-15)27-34(30,31)21-12-25-20-7-6-17(33-2)13-28(20)21/h3-13,23,27H,1-2H3,(H,26,29). The fourth-order valence-corrected chi connectivity index (χ4v) is 4.32. The summed E-state index contributed by atoms with van der Waals surface area (Å²) in [5, 5.41) is 10.1. The molecule has 1 aromatic carbocycles. The van der Waals surface area contributed by atoms with Crippen molar-refractivity contribution in [2.45, 2.75) is 5.03 Å².